The lowest BCUT2D eigenvalue weighted by atomic mass is 10.1. The van der Waals surface area contributed by atoms with E-state index >= 15 is 0 Å². The first-order valence-electron chi connectivity index (χ1n) is 6.81. The van der Waals surface area contributed by atoms with Gasteiger partial charge in [-0.1, -0.05) is 28.1 Å². The normalized spacial score (nSPS) is 13.0. The number of benzene rings is 1. The Morgan fingerprint density at radius 3 is 2.86 bits per heavy atom. The average molecular weight is 363 g/mol. The molecule has 0 unspecified atom stereocenters. The van der Waals surface area contributed by atoms with E-state index in [1.165, 1.54) is 5.56 Å². The highest BCUT2D eigenvalue weighted by Gasteiger charge is 2.19. The van der Waals surface area contributed by atoms with Crippen LogP contribution in [-0.2, 0) is 12.8 Å². The molecule has 21 heavy (non-hydrogen) atoms. The van der Waals surface area contributed by atoms with E-state index < -0.39 is 0 Å². The van der Waals surface area contributed by atoms with Gasteiger partial charge in [-0.05, 0) is 61.6 Å². The molecule has 5 heteroatoms. The maximum atomic E-state index is 5.98. The van der Waals surface area contributed by atoms with E-state index in [0.717, 1.165) is 40.7 Å². The zero-order chi connectivity index (χ0) is 15.0. The molecule has 0 fully saturated rings. The molecule has 0 atom stereocenters. The quantitative estimate of drug-likeness (QED) is 0.836. The van der Waals surface area contributed by atoms with Gasteiger partial charge in [0.1, 0.15) is 10.7 Å². The Morgan fingerprint density at radius 1 is 1.33 bits per heavy atom. The first-order valence-corrected chi connectivity index (χ1v) is 8.01. The summed E-state index contributed by atoms with van der Waals surface area (Å²) in [4.78, 5) is 4.95. The van der Waals surface area contributed by atoms with Gasteiger partial charge in [-0.25, -0.2) is 4.98 Å². The summed E-state index contributed by atoms with van der Waals surface area (Å²) in [7, 11) is 0. The van der Waals surface area contributed by atoms with Crippen LogP contribution in [0.15, 0.2) is 28.7 Å². The monoisotopic (exact) mass is 362 g/mol. The van der Waals surface area contributed by atoms with Crippen LogP contribution in [0.3, 0.4) is 0 Å². The number of nitrogens with two attached hydrogens (primary N) is 1. The summed E-state index contributed by atoms with van der Waals surface area (Å²) in [6.07, 6.45) is 3.15. The van der Waals surface area contributed by atoms with Crippen LogP contribution >= 0.6 is 28.1 Å². The summed E-state index contributed by atoms with van der Waals surface area (Å²) in [5.74, 6) is 1.27. The van der Waals surface area contributed by atoms with Crippen molar-refractivity contribution in [2.75, 3.05) is 0 Å². The molecule has 1 aliphatic rings. The molecule has 1 aromatic carbocycles. The highest BCUT2D eigenvalue weighted by Crippen LogP contribution is 2.31. The molecule has 0 spiro atoms. The van der Waals surface area contributed by atoms with Gasteiger partial charge in [0.15, 0.2) is 0 Å². The maximum absolute atomic E-state index is 5.98. The Hall–Kier alpha value is -1.46. The number of fused-ring (bicyclic) bond motifs is 1. The van der Waals surface area contributed by atoms with E-state index in [1.54, 1.807) is 0 Å². The van der Waals surface area contributed by atoms with Gasteiger partial charge >= 0.3 is 0 Å². The van der Waals surface area contributed by atoms with Crippen LogP contribution in [0.1, 0.15) is 28.8 Å². The number of thiocarbonyl (C=S) groups is 1. The van der Waals surface area contributed by atoms with Crippen LogP contribution in [0.4, 0.5) is 0 Å². The minimum atomic E-state index is 0.321. The van der Waals surface area contributed by atoms with E-state index in [2.05, 4.69) is 20.9 Å². The number of aryl methyl sites for hydroxylation is 3. The molecule has 1 aromatic heterocycles. The van der Waals surface area contributed by atoms with Crippen molar-refractivity contribution in [3.8, 4) is 11.6 Å². The third kappa shape index (κ3) is 2.94. The van der Waals surface area contributed by atoms with Crippen LogP contribution in [0.5, 0.6) is 11.6 Å². The van der Waals surface area contributed by atoms with Crippen molar-refractivity contribution >= 4 is 33.1 Å². The summed E-state index contributed by atoms with van der Waals surface area (Å²) in [5, 5.41) is 0. The number of hydrogen-bond acceptors (Lipinski definition) is 3. The molecule has 0 bridgehead atoms. The molecule has 1 heterocycles. The summed E-state index contributed by atoms with van der Waals surface area (Å²) in [6.45, 7) is 1.99. The number of pyridine rings is 1. The highest BCUT2D eigenvalue weighted by molar-refractivity contribution is 9.10. The smallest absolute Gasteiger partial charge is 0.229 e. The molecular weight excluding hydrogens is 348 g/mol. The first kappa shape index (κ1) is 14.5. The van der Waals surface area contributed by atoms with Crippen molar-refractivity contribution < 1.29 is 4.74 Å². The van der Waals surface area contributed by atoms with E-state index in [-0.39, 0.29) is 0 Å². The van der Waals surface area contributed by atoms with Gasteiger partial charge in [0.05, 0.1) is 5.56 Å². The predicted molar refractivity (Wildman–Crippen MR) is 91.1 cm³/mol. The van der Waals surface area contributed by atoms with E-state index in [1.807, 2.05) is 31.2 Å². The minimum Gasteiger partial charge on any atom is -0.438 e. The highest BCUT2D eigenvalue weighted by atomic mass is 79.9. The van der Waals surface area contributed by atoms with Gasteiger partial charge in [0, 0.05) is 10.2 Å². The Labute approximate surface area is 137 Å². The van der Waals surface area contributed by atoms with Crippen molar-refractivity contribution in [1.82, 2.24) is 4.98 Å². The van der Waals surface area contributed by atoms with Crippen LogP contribution in [0.25, 0.3) is 0 Å². The largest absolute Gasteiger partial charge is 0.438 e. The zero-order valence-corrected chi connectivity index (χ0v) is 14.1. The average Bonchev–Trinajstić information content (AvgIpc) is 2.88. The second-order valence-electron chi connectivity index (χ2n) is 5.18. The fourth-order valence-corrected chi connectivity index (χ4v) is 3.16. The van der Waals surface area contributed by atoms with Gasteiger partial charge < -0.3 is 10.5 Å². The summed E-state index contributed by atoms with van der Waals surface area (Å²) in [6, 6.07) is 7.89. The van der Waals surface area contributed by atoms with Gasteiger partial charge in [0.25, 0.3) is 0 Å². The van der Waals surface area contributed by atoms with Crippen LogP contribution in [-0.4, -0.2) is 9.97 Å². The number of aromatic nitrogens is 1. The molecule has 2 aromatic rings. The van der Waals surface area contributed by atoms with Gasteiger partial charge in [-0.15, -0.1) is 0 Å². The lowest BCUT2D eigenvalue weighted by Crippen LogP contribution is -2.13. The second kappa shape index (κ2) is 5.73. The van der Waals surface area contributed by atoms with Gasteiger partial charge in [0.2, 0.25) is 5.88 Å². The Kier molecular flexibility index (Phi) is 3.95. The molecule has 108 valence electrons. The Bertz CT molecular complexity index is 730. The van der Waals surface area contributed by atoms with Crippen molar-refractivity contribution in [3.63, 3.8) is 0 Å². The lowest BCUT2D eigenvalue weighted by molar-refractivity contribution is 0.456. The second-order valence-corrected chi connectivity index (χ2v) is 6.53. The van der Waals surface area contributed by atoms with Gasteiger partial charge in [-0.3, -0.25) is 0 Å². The fraction of sp³-hybridized carbons (Fsp3) is 0.250. The topological polar surface area (TPSA) is 48.1 Å². The molecule has 2 N–H and O–H groups in total. The Morgan fingerprint density at radius 2 is 2.14 bits per heavy atom. The van der Waals surface area contributed by atoms with Crippen LogP contribution in [0, 0.1) is 6.92 Å². The van der Waals surface area contributed by atoms with E-state index in [9.17, 15) is 0 Å². The van der Waals surface area contributed by atoms with Crippen LogP contribution in [0.2, 0.25) is 0 Å². The van der Waals surface area contributed by atoms with E-state index in [4.69, 9.17) is 22.7 Å². The third-order valence-corrected chi connectivity index (χ3v) is 4.34. The van der Waals surface area contributed by atoms with Crippen molar-refractivity contribution in [2.45, 2.75) is 26.2 Å². The number of hydrogen-bond donors (Lipinski definition) is 1. The molecule has 0 radical (unpaired) electrons. The first-order chi connectivity index (χ1) is 10.0. The summed E-state index contributed by atoms with van der Waals surface area (Å²) < 4.78 is 7.00. The molecule has 0 aliphatic heterocycles. The molecule has 1 aliphatic carbocycles. The predicted octanol–water partition coefficient (Wildman–Crippen LogP) is 4.07. The molecule has 3 nitrogen and oxygen atoms in total. The molecule has 3 rings (SSSR count). The van der Waals surface area contributed by atoms with E-state index in [0.29, 0.717) is 16.4 Å². The lowest BCUT2D eigenvalue weighted by Gasteiger charge is -2.13. The number of nitrogens with zero attached hydrogens (tertiary/aromatic N) is 1. The molecular formula is C16H15BrN2OS. The van der Waals surface area contributed by atoms with Crippen molar-refractivity contribution in [2.24, 2.45) is 5.73 Å². The minimum absolute atomic E-state index is 0.321. The van der Waals surface area contributed by atoms with Gasteiger partial charge in [-0.2, -0.15) is 0 Å². The molecule has 0 saturated carbocycles. The standard InChI is InChI=1S/C16H15BrN2OS/c1-9-7-11(17)5-6-14(9)20-16-12(15(18)21)8-10-3-2-4-13(10)19-16/h5-8H,2-4H2,1H3,(H2,18,21). The van der Waals surface area contributed by atoms with Crippen molar-refractivity contribution in [1.29, 1.82) is 0 Å². The van der Waals surface area contributed by atoms with Crippen LogP contribution < -0.4 is 10.5 Å². The zero-order valence-electron chi connectivity index (χ0n) is 11.6. The summed E-state index contributed by atoms with van der Waals surface area (Å²) in [5.41, 5.74) is 9.90. The number of halogens is 1. The molecule has 0 amide bonds. The molecule has 0 saturated heterocycles. The fourth-order valence-electron chi connectivity index (χ4n) is 2.54. The third-order valence-electron chi connectivity index (χ3n) is 3.62. The van der Waals surface area contributed by atoms with Crippen molar-refractivity contribution in [3.05, 3.63) is 51.1 Å². The maximum Gasteiger partial charge on any atom is 0.229 e. The Balaban J connectivity index is 2.03. The number of ether oxygens (including phenoxy) is 1. The SMILES string of the molecule is Cc1cc(Br)ccc1Oc1nc2c(cc1C(N)=S)CCC2. The number of rotatable bonds is 3. The summed E-state index contributed by atoms with van der Waals surface area (Å²) >= 11 is 8.59.